The third-order valence-corrected chi connectivity index (χ3v) is 3.21. The second kappa shape index (κ2) is 6.72. The maximum atomic E-state index is 8.52. The van der Waals surface area contributed by atoms with Gasteiger partial charge >= 0.3 is 0 Å². The van der Waals surface area contributed by atoms with Crippen LogP contribution in [-0.2, 0) is 0 Å². The lowest BCUT2D eigenvalue weighted by Gasteiger charge is -2.13. The highest BCUT2D eigenvalue weighted by molar-refractivity contribution is 5.63. The van der Waals surface area contributed by atoms with Crippen molar-refractivity contribution in [2.45, 2.75) is 19.4 Å². The van der Waals surface area contributed by atoms with Gasteiger partial charge in [-0.2, -0.15) is 5.26 Å². The zero-order valence-corrected chi connectivity index (χ0v) is 11.1. The predicted octanol–water partition coefficient (Wildman–Crippen LogP) is 3.92. The number of nitrogens with one attached hydrogen (secondary N) is 1. The van der Waals surface area contributed by atoms with E-state index in [2.05, 4.69) is 66.8 Å². The summed E-state index contributed by atoms with van der Waals surface area (Å²) in [6.07, 6.45) is 0.548. The summed E-state index contributed by atoms with van der Waals surface area (Å²) in [6, 6.07) is 21.4. The molecule has 2 aromatic rings. The Hall–Kier alpha value is -2.11. The minimum absolute atomic E-state index is 0.276. The van der Waals surface area contributed by atoms with E-state index < -0.39 is 0 Å². The first-order chi connectivity index (χ1) is 9.31. The maximum Gasteiger partial charge on any atom is 0.0635 e. The molecule has 96 valence electrons. The monoisotopic (exact) mass is 250 g/mol. The molecule has 1 atom stereocenters. The lowest BCUT2D eigenvalue weighted by atomic mass is 10.0. The van der Waals surface area contributed by atoms with Crippen LogP contribution in [0.5, 0.6) is 0 Å². The van der Waals surface area contributed by atoms with E-state index in [1.807, 2.05) is 6.07 Å². The Morgan fingerprint density at radius 2 is 1.63 bits per heavy atom. The second-order valence-corrected chi connectivity index (χ2v) is 4.57. The maximum absolute atomic E-state index is 8.52. The third kappa shape index (κ3) is 3.67. The molecule has 0 aliphatic carbocycles. The molecule has 0 heterocycles. The van der Waals surface area contributed by atoms with Gasteiger partial charge in [0.05, 0.1) is 6.07 Å². The molecule has 0 spiro atoms. The highest BCUT2D eigenvalue weighted by Crippen LogP contribution is 2.21. The first kappa shape index (κ1) is 13.3. The quantitative estimate of drug-likeness (QED) is 0.816. The Morgan fingerprint density at radius 1 is 1.00 bits per heavy atom. The molecule has 0 bridgehead atoms. The Bertz CT molecular complexity index is 538. The molecule has 0 aromatic heterocycles. The molecule has 0 radical (unpaired) electrons. The van der Waals surface area contributed by atoms with Crippen LogP contribution in [0, 0.1) is 11.3 Å². The lowest BCUT2D eigenvalue weighted by Crippen LogP contribution is -2.19. The van der Waals surface area contributed by atoms with Gasteiger partial charge < -0.3 is 5.32 Å². The van der Waals surface area contributed by atoms with E-state index in [0.717, 1.165) is 6.54 Å². The number of benzene rings is 2. The molecule has 19 heavy (non-hydrogen) atoms. The van der Waals surface area contributed by atoms with Gasteiger partial charge in [0.25, 0.3) is 0 Å². The van der Waals surface area contributed by atoms with E-state index >= 15 is 0 Å². The first-order valence-corrected chi connectivity index (χ1v) is 6.57. The summed E-state index contributed by atoms with van der Waals surface area (Å²) in [5.41, 5.74) is 3.71. The molecule has 2 heteroatoms. The van der Waals surface area contributed by atoms with Crippen LogP contribution < -0.4 is 5.32 Å². The molecule has 0 saturated heterocycles. The summed E-state index contributed by atoms with van der Waals surface area (Å²) in [5.74, 6) is 0. The number of nitriles is 1. The molecule has 2 nitrogen and oxygen atoms in total. The second-order valence-electron chi connectivity index (χ2n) is 4.57. The van der Waals surface area contributed by atoms with Crippen LogP contribution in [0.4, 0.5) is 0 Å². The molecule has 1 N–H and O–H groups in total. The van der Waals surface area contributed by atoms with Gasteiger partial charge in [0.1, 0.15) is 0 Å². The van der Waals surface area contributed by atoms with E-state index in [0.29, 0.717) is 6.42 Å². The van der Waals surface area contributed by atoms with Gasteiger partial charge in [-0.15, -0.1) is 0 Å². The number of rotatable bonds is 5. The normalized spacial score (nSPS) is 11.8. The van der Waals surface area contributed by atoms with Crippen LogP contribution in [0.15, 0.2) is 54.6 Å². The van der Waals surface area contributed by atoms with Gasteiger partial charge in [0.15, 0.2) is 0 Å². The Morgan fingerprint density at radius 3 is 2.26 bits per heavy atom. The van der Waals surface area contributed by atoms with Gasteiger partial charge in [0.2, 0.25) is 0 Å². The molecular formula is C17H18N2. The Balaban J connectivity index is 2.04. The van der Waals surface area contributed by atoms with Crippen LogP contribution in [-0.4, -0.2) is 6.54 Å². The summed E-state index contributed by atoms with van der Waals surface area (Å²) in [7, 11) is 0. The fourth-order valence-electron chi connectivity index (χ4n) is 2.06. The van der Waals surface area contributed by atoms with E-state index in [4.69, 9.17) is 5.26 Å². The van der Waals surface area contributed by atoms with Crippen molar-refractivity contribution in [2.24, 2.45) is 0 Å². The lowest BCUT2D eigenvalue weighted by molar-refractivity contribution is 0.583. The van der Waals surface area contributed by atoms with Crippen LogP contribution in [0.25, 0.3) is 11.1 Å². The topological polar surface area (TPSA) is 35.8 Å². The minimum atomic E-state index is 0.276. The van der Waals surface area contributed by atoms with Crippen LogP contribution in [0.1, 0.15) is 24.9 Å². The molecule has 2 rings (SSSR count). The molecule has 0 aliphatic rings. The number of hydrogen-bond donors (Lipinski definition) is 1. The van der Waals surface area contributed by atoms with Gasteiger partial charge in [-0.05, 0) is 23.6 Å². The first-order valence-electron chi connectivity index (χ1n) is 6.57. The van der Waals surface area contributed by atoms with Gasteiger partial charge in [-0.1, -0.05) is 54.6 Å². The van der Waals surface area contributed by atoms with E-state index in [1.165, 1.54) is 16.7 Å². The van der Waals surface area contributed by atoms with Crippen molar-refractivity contribution in [1.82, 2.24) is 5.32 Å². The van der Waals surface area contributed by atoms with Crippen molar-refractivity contribution in [3.63, 3.8) is 0 Å². The Labute approximate surface area is 114 Å². The summed E-state index contributed by atoms with van der Waals surface area (Å²) >= 11 is 0. The van der Waals surface area contributed by atoms with Crippen molar-refractivity contribution < 1.29 is 0 Å². The van der Waals surface area contributed by atoms with Crippen molar-refractivity contribution in [1.29, 1.82) is 5.26 Å². The van der Waals surface area contributed by atoms with E-state index in [-0.39, 0.29) is 6.04 Å². The number of nitrogens with zero attached hydrogens (tertiary/aromatic N) is 1. The summed E-state index contributed by atoms with van der Waals surface area (Å²) in [4.78, 5) is 0. The highest BCUT2D eigenvalue weighted by Gasteiger charge is 2.04. The zero-order chi connectivity index (χ0) is 13.5. The van der Waals surface area contributed by atoms with Crippen molar-refractivity contribution in [3.05, 3.63) is 60.2 Å². The summed E-state index contributed by atoms with van der Waals surface area (Å²) in [6.45, 7) is 2.85. The molecule has 0 fully saturated rings. The number of hydrogen-bond acceptors (Lipinski definition) is 2. The van der Waals surface area contributed by atoms with Gasteiger partial charge in [-0.25, -0.2) is 0 Å². The predicted molar refractivity (Wildman–Crippen MR) is 78.5 cm³/mol. The Kier molecular flexibility index (Phi) is 4.72. The van der Waals surface area contributed by atoms with Crippen molar-refractivity contribution >= 4 is 0 Å². The standard InChI is InChI=1S/C17H18N2/c1-14(19-13-5-12-18)15-8-10-17(11-9-15)16-6-3-2-4-7-16/h2-4,6-11,14,19H,5,13H2,1H3. The fourth-order valence-corrected chi connectivity index (χ4v) is 2.06. The molecule has 1 unspecified atom stereocenters. The summed E-state index contributed by atoms with van der Waals surface area (Å²) < 4.78 is 0. The third-order valence-electron chi connectivity index (χ3n) is 3.21. The molecule has 0 amide bonds. The zero-order valence-electron chi connectivity index (χ0n) is 11.1. The van der Waals surface area contributed by atoms with Gasteiger partial charge in [-0.3, -0.25) is 0 Å². The van der Waals surface area contributed by atoms with Crippen molar-refractivity contribution in [2.75, 3.05) is 6.54 Å². The molecular weight excluding hydrogens is 232 g/mol. The molecule has 0 aliphatic heterocycles. The van der Waals surface area contributed by atoms with Crippen LogP contribution >= 0.6 is 0 Å². The fraction of sp³-hybridized carbons (Fsp3) is 0.235. The average molecular weight is 250 g/mol. The smallest absolute Gasteiger partial charge is 0.0635 e. The minimum Gasteiger partial charge on any atom is -0.309 e. The highest BCUT2D eigenvalue weighted by atomic mass is 14.9. The molecule has 2 aromatic carbocycles. The van der Waals surface area contributed by atoms with Gasteiger partial charge in [0, 0.05) is 19.0 Å². The average Bonchev–Trinajstić information content (AvgIpc) is 2.48. The van der Waals surface area contributed by atoms with Crippen molar-refractivity contribution in [3.8, 4) is 17.2 Å². The van der Waals surface area contributed by atoms with E-state index in [1.54, 1.807) is 0 Å². The van der Waals surface area contributed by atoms with E-state index in [9.17, 15) is 0 Å². The molecule has 0 saturated carbocycles. The SMILES string of the molecule is CC(NCCC#N)c1ccc(-c2ccccc2)cc1. The largest absolute Gasteiger partial charge is 0.309 e. The summed E-state index contributed by atoms with van der Waals surface area (Å²) in [5, 5.41) is 11.9. The van der Waals surface area contributed by atoms with Crippen LogP contribution in [0.2, 0.25) is 0 Å². The van der Waals surface area contributed by atoms with Crippen LogP contribution in [0.3, 0.4) is 0 Å².